The smallest absolute Gasteiger partial charge is 0.491 e. The minimum Gasteiger partial charge on any atom is -0.491 e. The molecule has 0 spiro atoms. The van der Waals surface area contributed by atoms with Crippen molar-refractivity contribution in [3.8, 4) is 23.6 Å². The van der Waals surface area contributed by atoms with Crippen molar-refractivity contribution in [2.75, 3.05) is 6.61 Å². The third-order valence-electron chi connectivity index (χ3n) is 4.26. The highest BCUT2D eigenvalue weighted by Gasteiger charge is 2.38. The fourth-order valence-corrected chi connectivity index (χ4v) is 2.73. The van der Waals surface area contributed by atoms with Crippen LogP contribution in [0.4, 0.5) is 26.3 Å². The minimum atomic E-state index is -5.08. The molecule has 2 N–H and O–H groups in total. The molecule has 0 aliphatic carbocycles. The molecule has 6 nitrogen and oxygen atoms in total. The first-order valence-corrected chi connectivity index (χ1v) is 8.55. The zero-order valence-corrected chi connectivity index (χ0v) is 16.1. The Morgan fingerprint density at radius 3 is 2.19 bits per heavy atom. The zero-order chi connectivity index (χ0) is 24.3. The Bertz CT molecular complexity index is 1120. The minimum absolute atomic E-state index is 0.162. The number of nitrogens with zero attached hydrogens (tertiary/aromatic N) is 2. The number of rotatable bonds is 6. The van der Waals surface area contributed by atoms with Gasteiger partial charge in [-0.2, -0.15) is 23.7 Å². The first kappa shape index (κ1) is 24.3. The standard InChI is InChI=1S/C20H13F6N3O3/c1-18(9-28,10-31-16-6-11(8-27)2-5-14(16)19(21,22)23)15-7-12(32-20(24,25)26)3-4-13(15)17(29)30/h2-7H,10H2,1H3,(H2,29,30). The normalized spacial score (nSPS) is 13.4. The fourth-order valence-electron chi connectivity index (χ4n) is 2.73. The molecular weight excluding hydrogens is 444 g/mol. The van der Waals surface area contributed by atoms with Crippen LogP contribution in [0.3, 0.4) is 0 Å². The Hall–Kier alpha value is -3.93. The third-order valence-corrected chi connectivity index (χ3v) is 4.26. The Morgan fingerprint density at radius 1 is 1.03 bits per heavy atom. The summed E-state index contributed by atoms with van der Waals surface area (Å²) in [4.78, 5) is 11.7. The second kappa shape index (κ2) is 8.67. The van der Waals surface area contributed by atoms with Gasteiger partial charge in [0.25, 0.3) is 0 Å². The van der Waals surface area contributed by atoms with Gasteiger partial charge in [-0.15, -0.1) is 13.2 Å². The van der Waals surface area contributed by atoms with Crippen LogP contribution in [0.1, 0.15) is 34.0 Å². The molecule has 2 aromatic carbocycles. The lowest BCUT2D eigenvalue weighted by molar-refractivity contribution is -0.274. The number of nitrogens with two attached hydrogens (primary N) is 1. The summed E-state index contributed by atoms with van der Waals surface area (Å²) in [6, 6.07) is 8.13. The van der Waals surface area contributed by atoms with E-state index in [0.29, 0.717) is 6.07 Å². The molecule has 0 saturated carbocycles. The van der Waals surface area contributed by atoms with Crippen LogP contribution in [0.2, 0.25) is 0 Å². The van der Waals surface area contributed by atoms with E-state index in [4.69, 9.17) is 15.7 Å². The largest absolute Gasteiger partial charge is 0.573 e. The van der Waals surface area contributed by atoms with E-state index in [-0.39, 0.29) is 16.7 Å². The number of nitriles is 2. The summed E-state index contributed by atoms with van der Waals surface area (Å²) in [5.41, 5.74) is 1.21. The van der Waals surface area contributed by atoms with E-state index in [1.165, 1.54) is 0 Å². The van der Waals surface area contributed by atoms with Crippen LogP contribution >= 0.6 is 0 Å². The maximum absolute atomic E-state index is 13.3. The van der Waals surface area contributed by atoms with Crippen LogP contribution < -0.4 is 15.2 Å². The van der Waals surface area contributed by atoms with Crippen LogP contribution in [0.15, 0.2) is 36.4 Å². The van der Waals surface area contributed by atoms with Gasteiger partial charge in [0.2, 0.25) is 5.91 Å². The molecule has 12 heteroatoms. The summed E-state index contributed by atoms with van der Waals surface area (Å²) in [6.07, 6.45) is -9.93. The molecule has 0 aliphatic rings. The predicted octanol–water partition coefficient (Wildman–Crippen LogP) is 4.43. The van der Waals surface area contributed by atoms with E-state index in [2.05, 4.69) is 4.74 Å². The van der Waals surface area contributed by atoms with Crippen molar-refractivity contribution in [1.82, 2.24) is 0 Å². The second-order valence-electron chi connectivity index (χ2n) is 6.67. The van der Waals surface area contributed by atoms with Gasteiger partial charge in [-0.1, -0.05) is 0 Å². The average Bonchev–Trinajstić information content (AvgIpc) is 2.69. The van der Waals surface area contributed by atoms with Crippen LogP contribution in [0.25, 0.3) is 0 Å². The van der Waals surface area contributed by atoms with E-state index < -0.39 is 47.5 Å². The van der Waals surface area contributed by atoms with E-state index >= 15 is 0 Å². The van der Waals surface area contributed by atoms with Gasteiger partial charge >= 0.3 is 12.5 Å². The van der Waals surface area contributed by atoms with Crippen molar-refractivity contribution in [2.45, 2.75) is 24.9 Å². The van der Waals surface area contributed by atoms with Crippen LogP contribution in [-0.4, -0.2) is 18.9 Å². The maximum Gasteiger partial charge on any atom is 0.573 e. The first-order valence-electron chi connectivity index (χ1n) is 8.55. The molecule has 0 fully saturated rings. The SMILES string of the molecule is CC(C#N)(COc1cc(C#N)ccc1C(F)(F)F)c1cc(OC(F)(F)F)ccc1C(N)=O. The van der Waals surface area contributed by atoms with Crippen molar-refractivity contribution < 1.29 is 40.6 Å². The monoisotopic (exact) mass is 457 g/mol. The molecule has 32 heavy (non-hydrogen) atoms. The topological polar surface area (TPSA) is 109 Å². The molecule has 168 valence electrons. The maximum atomic E-state index is 13.3. The van der Waals surface area contributed by atoms with Gasteiger partial charge in [-0.25, -0.2) is 0 Å². The van der Waals surface area contributed by atoms with Gasteiger partial charge in [0.15, 0.2) is 0 Å². The van der Waals surface area contributed by atoms with Crippen LogP contribution in [0.5, 0.6) is 11.5 Å². The first-order chi connectivity index (χ1) is 14.7. The molecule has 1 amide bonds. The molecule has 0 bridgehead atoms. The second-order valence-corrected chi connectivity index (χ2v) is 6.67. The number of alkyl halides is 6. The fraction of sp³-hybridized carbons (Fsp3) is 0.250. The molecule has 0 aliphatic heterocycles. The van der Waals surface area contributed by atoms with Gasteiger partial charge in [0.05, 0.1) is 23.3 Å². The molecule has 0 saturated heterocycles. The number of halogens is 6. The summed E-state index contributed by atoms with van der Waals surface area (Å²) >= 11 is 0. The highest BCUT2D eigenvalue weighted by molar-refractivity contribution is 5.95. The van der Waals surface area contributed by atoms with Crippen molar-refractivity contribution in [3.63, 3.8) is 0 Å². The molecule has 0 aromatic heterocycles. The Balaban J connectivity index is 2.52. The van der Waals surface area contributed by atoms with E-state index in [0.717, 1.165) is 37.3 Å². The van der Waals surface area contributed by atoms with E-state index in [9.17, 15) is 36.4 Å². The Kier molecular flexibility index (Phi) is 6.59. The molecule has 2 aromatic rings. The van der Waals surface area contributed by atoms with Gasteiger partial charge in [0.1, 0.15) is 23.5 Å². The number of amides is 1. The van der Waals surface area contributed by atoms with Gasteiger partial charge in [-0.05, 0) is 48.9 Å². The van der Waals surface area contributed by atoms with Crippen LogP contribution in [-0.2, 0) is 11.6 Å². The molecular formula is C20H13F6N3O3. The number of ether oxygens (including phenoxy) is 2. The Morgan fingerprint density at radius 2 is 1.69 bits per heavy atom. The number of carbonyl (C=O) groups excluding carboxylic acids is 1. The van der Waals surface area contributed by atoms with Crippen LogP contribution in [0, 0.1) is 22.7 Å². The van der Waals surface area contributed by atoms with Crippen molar-refractivity contribution >= 4 is 5.91 Å². The number of benzene rings is 2. The summed E-state index contributed by atoms with van der Waals surface area (Å²) in [5, 5.41) is 18.6. The van der Waals surface area contributed by atoms with Gasteiger partial charge < -0.3 is 15.2 Å². The van der Waals surface area contributed by atoms with Gasteiger partial charge in [-0.3, -0.25) is 4.79 Å². The Labute approximate surface area is 177 Å². The lowest BCUT2D eigenvalue weighted by Gasteiger charge is -2.26. The van der Waals surface area contributed by atoms with E-state index in [1.54, 1.807) is 12.1 Å². The summed E-state index contributed by atoms with van der Waals surface area (Å²) in [6.45, 7) is 0.310. The number of hydrogen-bond acceptors (Lipinski definition) is 5. The summed E-state index contributed by atoms with van der Waals surface area (Å²) in [7, 11) is 0. The molecule has 0 radical (unpaired) electrons. The molecule has 1 unspecified atom stereocenters. The number of carbonyl (C=O) groups is 1. The summed E-state index contributed by atoms with van der Waals surface area (Å²) < 4.78 is 86.5. The average molecular weight is 457 g/mol. The van der Waals surface area contributed by atoms with Crippen molar-refractivity contribution in [1.29, 1.82) is 10.5 Å². The highest BCUT2D eigenvalue weighted by atomic mass is 19.4. The predicted molar refractivity (Wildman–Crippen MR) is 96.3 cm³/mol. The van der Waals surface area contributed by atoms with Crippen molar-refractivity contribution in [2.24, 2.45) is 5.73 Å². The quantitative estimate of drug-likeness (QED) is 0.646. The number of primary amides is 1. The number of hydrogen-bond donors (Lipinski definition) is 1. The lowest BCUT2D eigenvalue weighted by Crippen LogP contribution is -2.32. The van der Waals surface area contributed by atoms with Gasteiger partial charge in [0, 0.05) is 5.56 Å². The third kappa shape index (κ3) is 5.60. The molecule has 1 atom stereocenters. The molecule has 2 rings (SSSR count). The molecule has 0 heterocycles. The lowest BCUT2D eigenvalue weighted by atomic mass is 9.81. The highest BCUT2D eigenvalue weighted by Crippen LogP contribution is 2.38. The van der Waals surface area contributed by atoms with E-state index in [1.807, 2.05) is 0 Å². The zero-order valence-electron chi connectivity index (χ0n) is 16.1. The summed E-state index contributed by atoms with van der Waals surface area (Å²) in [5.74, 6) is -2.65. The van der Waals surface area contributed by atoms with Crippen molar-refractivity contribution in [3.05, 3.63) is 58.7 Å².